The maximum Gasteiger partial charge on any atom is 0.188 e. The molecule has 208 valence electrons. The molecule has 0 unspecified atom stereocenters. The lowest BCUT2D eigenvalue weighted by atomic mass is 10.1. The van der Waals surface area contributed by atoms with E-state index in [1.807, 2.05) is 18.2 Å². The third-order valence-electron chi connectivity index (χ3n) is 6.37. The second-order valence-corrected chi connectivity index (χ2v) is 9.84. The molecule has 0 bridgehead atoms. The topological polar surface area (TPSA) is 36.9 Å². The van der Waals surface area contributed by atoms with Gasteiger partial charge in [-0.2, -0.15) is 0 Å². The molecule has 36 heavy (non-hydrogen) atoms. The first kappa shape index (κ1) is 32.7. The Morgan fingerprint density at radius 2 is 1.25 bits per heavy atom. The Labute approximate surface area is 223 Å². The van der Waals surface area contributed by atoms with E-state index in [-0.39, 0.29) is 6.29 Å². The van der Waals surface area contributed by atoms with Crippen molar-refractivity contribution in [2.75, 3.05) is 20.0 Å². The van der Waals surface area contributed by atoms with Crippen LogP contribution in [0.5, 0.6) is 0 Å². The lowest BCUT2D eigenvalue weighted by molar-refractivity contribution is -0.148. The van der Waals surface area contributed by atoms with Crippen molar-refractivity contribution in [3.05, 3.63) is 48.2 Å². The molecule has 0 saturated heterocycles. The number of unbranched alkanes of at least 4 members (excludes halogenated alkanes) is 13. The molecule has 1 rings (SSSR count). The Hall–Kier alpha value is -1.36. The maximum atomic E-state index is 6.08. The molecular weight excluding hydrogens is 448 g/mol. The number of benzene rings is 1. The van der Waals surface area contributed by atoms with E-state index >= 15 is 0 Å². The third-order valence-corrected chi connectivity index (χ3v) is 6.37. The van der Waals surface area contributed by atoms with Gasteiger partial charge >= 0.3 is 0 Å². The van der Waals surface area contributed by atoms with Gasteiger partial charge in [-0.3, -0.25) is 0 Å². The van der Waals surface area contributed by atoms with Crippen molar-refractivity contribution in [1.29, 1.82) is 0 Å². The van der Waals surface area contributed by atoms with Crippen LogP contribution in [-0.4, -0.2) is 26.3 Å². The van der Waals surface area contributed by atoms with Crippen LogP contribution in [0.3, 0.4) is 0 Å². The first-order valence-corrected chi connectivity index (χ1v) is 15.0. The molecule has 0 fully saturated rings. The van der Waals surface area contributed by atoms with Crippen LogP contribution in [0, 0.1) is 0 Å². The summed E-state index contributed by atoms with van der Waals surface area (Å²) in [6, 6.07) is 10.2. The molecule has 0 amide bonds. The van der Waals surface area contributed by atoms with Crippen LogP contribution in [0.1, 0.15) is 129 Å². The summed E-state index contributed by atoms with van der Waals surface area (Å²) in [5.41, 5.74) is 1.17. The van der Waals surface area contributed by atoms with Crippen molar-refractivity contribution < 1.29 is 18.9 Å². The first-order chi connectivity index (χ1) is 17.9. The van der Waals surface area contributed by atoms with Gasteiger partial charge in [0.1, 0.15) is 0 Å². The highest BCUT2D eigenvalue weighted by molar-refractivity contribution is 5.13. The van der Waals surface area contributed by atoms with Gasteiger partial charge in [0.2, 0.25) is 0 Å². The highest BCUT2D eigenvalue weighted by atomic mass is 16.7. The SMILES string of the molecule is CCCCCCOC(CCCCCCCCCC=COCOCc1ccccc1)OCCCCCC. The van der Waals surface area contributed by atoms with E-state index in [4.69, 9.17) is 18.9 Å². The van der Waals surface area contributed by atoms with Gasteiger partial charge in [0.15, 0.2) is 13.1 Å². The molecule has 0 aromatic heterocycles. The summed E-state index contributed by atoms with van der Waals surface area (Å²) in [7, 11) is 0. The molecule has 0 radical (unpaired) electrons. The van der Waals surface area contributed by atoms with Crippen molar-refractivity contribution in [2.45, 2.75) is 136 Å². The Morgan fingerprint density at radius 1 is 0.667 bits per heavy atom. The van der Waals surface area contributed by atoms with Crippen LogP contribution in [0.25, 0.3) is 0 Å². The molecule has 1 aromatic rings. The van der Waals surface area contributed by atoms with Crippen molar-refractivity contribution in [2.24, 2.45) is 0 Å². The number of ether oxygens (including phenoxy) is 4. The fourth-order valence-corrected chi connectivity index (χ4v) is 4.12. The third kappa shape index (κ3) is 21.9. The van der Waals surface area contributed by atoms with Crippen molar-refractivity contribution in [1.82, 2.24) is 0 Å². The maximum absolute atomic E-state index is 6.08. The van der Waals surface area contributed by atoms with E-state index in [9.17, 15) is 0 Å². The van der Waals surface area contributed by atoms with E-state index < -0.39 is 0 Å². The lowest BCUT2D eigenvalue weighted by Gasteiger charge is -2.19. The van der Waals surface area contributed by atoms with Gasteiger partial charge in [-0.25, -0.2) is 0 Å². The predicted molar refractivity (Wildman–Crippen MR) is 152 cm³/mol. The Bertz CT molecular complexity index is 561. The monoisotopic (exact) mass is 504 g/mol. The van der Waals surface area contributed by atoms with Crippen LogP contribution in [0.15, 0.2) is 42.7 Å². The molecule has 0 spiro atoms. The van der Waals surface area contributed by atoms with Gasteiger partial charge in [-0.1, -0.05) is 115 Å². The Kier molecular flexibility index (Phi) is 24.2. The lowest BCUT2D eigenvalue weighted by Crippen LogP contribution is -2.19. The minimum absolute atomic E-state index is 0.00555. The molecule has 0 aliphatic rings. The minimum atomic E-state index is 0.00555. The largest absolute Gasteiger partial charge is 0.475 e. The first-order valence-electron chi connectivity index (χ1n) is 15.0. The van der Waals surface area contributed by atoms with Gasteiger partial charge in [-0.05, 0) is 50.2 Å². The number of hydrogen-bond donors (Lipinski definition) is 0. The summed E-state index contributed by atoms with van der Waals surface area (Å²) >= 11 is 0. The van der Waals surface area contributed by atoms with Crippen LogP contribution in [-0.2, 0) is 25.6 Å². The van der Waals surface area contributed by atoms with Crippen LogP contribution in [0.2, 0.25) is 0 Å². The molecule has 0 N–H and O–H groups in total. The summed E-state index contributed by atoms with van der Waals surface area (Å²) in [5.74, 6) is 0. The quantitative estimate of drug-likeness (QED) is 0.0678. The molecule has 0 aliphatic carbocycles. The summed E-state index contributed by atoms with van der Waals surface area (Å²) in [4.78, 5) is 0. The fraction of sp³-hybridized carbons (Fsp3) is 0.750. The van der Waals surface area contributed by atoms with Gasteiger partial charge in [0, 0.05) is 13.2 Å². The van der Waals surface area contributed by atoms with Gasteiger partial charge in [0.05, 0.1) is 12.9 Å². The molecule has 4 heteroatoms. The zero-order valence-corrected chi connectivity index (χ0v) is 23.6. The molecule has 0 saturated carbocycles. The van der Waals surface area contributed by atoms with Crippen LogP contribution >= 0.6 is 0 Å². The fourth-order valence-electron chi connectivity index (χ4n) is 4.12. The number of rotatable bonds is 27. The summed E-state index contributed by atoms with van der Waals surface area (Å²) in [6.45, 7) is 7.09. The highest BCUT2D eigenvalue weighted by Gasteiger charge is 2.09. The molecule has 4 nitrogen and oxygen atoms in total. The number of allylic oxidation sites excluding steroid dienone is 1. The Morgan fingerprint density at radius 3 is 1.89 bits per heavy atom. The Balaban J connectivity index is 1.94. The van der Waals surface area contributed by atoms with E-state index in [0.717, 1.165) is 38.9 Å². The summed E-state index contributed by atoms with van der Waals surface area (Å²) in [6.07, 6.45) is 25.0. The van der Waals surface area contributed by atoms with Crippen LogP contribution < -0.4 is 0 Å². The smallest absolute Gasteiger partial charge is 0.188 e. The van der Waals surface area contributed by atoms with Crippen molar-refractivity contribution in [3.8, 4) is 0 Å². The standard InChI is InChI=1S/C32H56O4/c1-3-5-7-21-27-35-32(36-28-22-8-6-4-2)25-19-14-12-10-9-11-13-15-20-26-33-30-34-29-31-23-17-16-18-24-31/h16-18,20,23-24,26,32H,3-15,19,21-22,25,27-30H2,1-2H3. The van der Waals surface area contributed by atoms with E-state index in [0.29, 0.717) is 13.4 Å². The second kappa shape index (κ2) is 26.7. The molecule has 0 heterocycles. The average molecular weight is 505 g/mol. The second-order valence-electron chi connectivity index (χ2n) is 9.84. The minimum Gasteiger partial charge on any atom is -0.475 e. The molecular formula is C32H56O4. The van der Waals surface area contributed by atoms with Crippen molar-refractivity contribution >= 4 is 0 Å². The zero-order chi connectivity index (χ0) is 25.8. The number of hydrogen-bond acceptors (Lipinski definition) is 4. The molecule has 0 atom stereocenters. The molecule has 1 aromatic carbocycles. The highest BCUT2D eigenvalue weighted by Crippen LogP contribution is 2.14. The van der Waals surface area contributed by atoms with Gasteiger partial charge < -0.3 is 18.9 Å². The van der Waals surface area contributed by atoms with E-state index in [1.165, 1.54) is 89.0 Å². The normalized spacial score (nSPS) is 11.6. The average Bonchev–Trinajstić information content (AvgIpc) is 2.90. The summed E-state index contributed by atoms with van der Waals surface area (Å²) < 4.78 is 23.1. The van der Waals surface area contributed by atoms with E-state index in [1.54, 1.807) is 6.26 Å². The molecule has 0 aliphatic heterocycles. The van der Waals surface area contributed by atoms with Gasteiger partial charge in [0.25, 0.3) is 0 Å². The van der Waals surface area contributed by atoms with Gasteiger partial charge in [-0.15, -0.1) is 0 Å². The van der Waals surface area contributed by atoms with E-state index in [2.05, 4.69) is 32.1 Å². The zero-order valence-electron chi connectivity index (χ0n) is 23.6. The summed E-state index contributed by atoms with van der Waals surface area (Å²) in [5, 5.41) is 0. The predicted octanol–water partition coefficient (Wildman–Crippen LogP) is 9.72. The van der Waals surface area contributed by atoms with Crippen molar-refractivity contribution in [3.63, 3.8) is 0 Å². The van der Waals surface area contributed by atoms with Crippen LogP contribution in [0.4, 0.5) is 0 Å².